The monoisotopic (exact) mass is 490 g/mol. The van der Waals surface area contributed by atoms with Crippen LogP contribution in [-0.2, 0) is 19.3 Å². The number of nitrogens with one attached hydrogen (secondary N) is 1. The number of ketones is 1. The van der Waals surface area contributed by atoms with Crippen LogP contribution in [0.2, 0.25) is 10.0 Å². The normalized spacial score (nSPS) is 10.6. The molecule has 6 nitrogen and oxygen atoms in total. The predicted molar refractivity (Wildman–Crippen MR) is 133 cm³/mol. The van der Waals surface area contributed by atoms with Crippen LogP contribution in [0.4, 0.5) is 5.82 Å². The maximum Gasteiger partial charge on any atom is 0.257 e. The quantitative estimate of drug-likeness (QED) is 0.323. The van der Waals surface area contributed by atoms with Crippen LogP contribution in [0.25, 0.3) is 0 Å². The number of aryl methyl sites for hydroxylation is 2. The molecule has 0 saturated heterocycles. The van der Waals surface area contributed by atoms with E-state index in [1.165, 1.54) is 12.5 Å². The summed E-state index contributed by atoms with van der Waals surface area (Å²) in [6.45, 7) is 0. The van der Waals surface area contributed by atoms with Gasteiger partial charge in [0, 0.05) is 40.7 Å². The molecule has 8 heteroatoms. The second-order valence-electron chi connectivity index (χ2n) is 7.61. The van der Waals surface area contributed by atoms with Gasteiger partial charge in [-0.3, -0.25) is 9.59 Å². The molecule has 4 rings (SSSR count). The summed E-state index contributed by atoms with van der Waals surface area (Å²) in [4.78, 5) is 38.0. The number of anilines is 1. The average Bonchev–Trinajstić information content (AvgIpc) is 2.86. The van der Waals surface area contributed by atoms with E-state index in [9.17, 15) is 9.59 Å². The second-order valence-corrected chi connectivity index (χ2v) is 8.49. The minimum absolute atomic E-state index is 0.0637. The summed E-state index contributed by atoms with van der Waals surface area (Å²) in [5.41, 5.74) is 3.55. The van der Waals surface area contributed by atoms with Crippen LogP contribution in [0, 0.1) is 0 Å². The highest BCUT2D eigenvalue weighted by atomic mass is 35.5. The molecule has 0 bridgehead atoms. The first-order valence-electron chi connectivity index (χ1n) is 10.6. The molecule has 2 heterocycles. The van der Waals surface area contributed by atoms with Crippen LogP contribution in [0.3, 0.4) is 0 Å². The first-order chi connectivity index (χ1) is 16.5. The van der Waals surface area contributed by atoms with Crippen molar-refractivity contribution < 1.29 is 9.59 Å². The van der Waals surface area contributed by atoms with Crippen LogP contribution in [0.15, 0.2) is 79.4 Å². The number of halogens is 2. The minimum atomic E-state index is -0.403. The Labute approximate surface area is 207 Å². The molecular formula is C26H20Cl2N4O2. The molecule has 2 aromatic carbocycles. The van der Waals surface area contributed by atoms with Crippen LogP contribution >= 0.6 is 23.2 Å². The number of carbonyl (C=O) groups excluding carboxylic acids is 2. The van der Waals surface area contributed by atoms with Crippen molar-refractivity contribution in [2.45, 2.75) is 19.3 Å². The lowest BCUT2D eigenvalue weighted by atomic mass is 9.97. The highest BCUT2D eigenvalue weighted by Crippen LogP contribution is 2.20. The molecule has 0 aliphatic rings. The molecule has 0 saturated carbocycles. The smallest absolute Gasteiger partial charge is 0.257 e. The van der Waals surface area contributed by atoms with E-state index in [0.29, 0.717) is 32.6 Å². The molecule has 0 fully saturated rings. The number of rotatable bonds is 8. The topological polar surface area (TPSA) is 84.8 Å². The van der Waals surface area contributed by atoms with E-state index < -0.39 is 5.91 Å². The third kappa shape index (κ3) is 6.25. The van der Waals surface area contributed by atoms with Gasteiger partial charge in [-0.15, -0.1) is 0 Å². The average molecular weight is 491 g/mol. The molecule has 0 radical (unpaired) electrons. The summed E-state index contributed by atoms with van der Waals surface area (Å²) < 4.78 is 0. The maximum atomic E-state index is 13.0. The van der Waals surface area contributed by atoms with Gasteiger partial charge in [0.2, 0.25) is 0 Å². The van der Waals surface area contributed by atoms with Gasteiger partial charge in [0.1, 0.15) is 12.1 Å². The molecule has 0 spiro atoms. The van der Waals surface area contributed by atoms with Gasteiger partial charge < -0.3 is 5.32 Å². The van der Waals surface area contributed by atoms with Gasteiger partial charge >= 0.3 is 0 Å². The van der Waals surface area contributed by atoms with E-state index in [1.807, 2.05) is 30.3 Å². The lowest BCUT2D eigenvalue weighted by molar-refractivity contribution is 0.0992. The van der Waals surface area contributed by atoms with Crippen LogP contribution < -0.4 is 5.32 Å². The van der Waals surface area contributed by atoms with Crippen LogP contribution in [0.1, 0.15) is 37.5 Å². The molecule has 1 N–H and O–H groups in total. The van der Waals surface area contributed by atoms with Crippen LogP contribution in [-0.4, -0.2) is 26.6 Å². The Bertz CT molecular complexity index is 1290. The van der Waals surface area contributed by atoms with E-state index in [2.05, 4.69) is 20.3 Å². The van der Waals surface area contributed by atoms with Crippen molar-refractivity contribution in [1.29, 1.82) is 0 Å². The van der Waals surface area contributed by atoms with Crippen molar-refractivity contribution in [3.05, 3.63) is 117 Å². The first kappa shape index (κ1) is 23.5. The number of hydrogen-bond acceptors (Lipinski definition) is 5. The third-order valence-corrected chi connectivity index (χ3v) is 5.68. The largest absolute Gasteiger partial charge is 0.307 e. The van der Waals surface area contributed by atoms with E-state index in [0.717, 1.165) is 24.1 Å². The molecule has 0 aliphatic heterocycles. The van der Waals surface area contributed by atoms with Gasteiger partial charge in [-0.25, -0.2) is 15.0 Å². The third-order valence-electron chi connectivity index (χ3n) is 5.23. The van der Waals surface area contributed by atoms with Gasteiger partial charge in [-0.05, 0) is 54.3 Å². The Kier molecular flexibility index (Phi) is 7.62. The Hall–Kier alpha value is -3.61. The lowest BCUT2D eigenvalue weighted by Crippen LogP contribution is -2.17. The Balaban J connectivity index is 1.44. The van der Waals surface area contributed by atoms with Crippen molar-refractivity contribution >= 4 is 40.7 Å². The number of carbonyl (C=O) groups is 2. The summed E-state index contributed by atoms with van der Waals surface area (Å²) in [6.07, 6.45) is 6.37. The van der Waals surface area contributed by atoms with Crippen molar-refractivity contribution in [2.24, 2.45) is 0 Å². The number of Topliss-reactive ketones (excluding diaryl/α,β-unsaturated/α-hetero) is 1. The first-order valence-corrected chi connectivity index (χ1v) is 11.3. The van der Waals surface area contributed by atoms with Gasteiger partial charge in [0.15, 0.2) is 5.78 Å². The summed E-state index contributed by atoms with van der Waals surface area (Å²) in [7, 11) is 0. The molecule has 2 aromatic heterocycles. The fourth-order valence-corrected chi connectivity index (χ4v) is 3.70. The summed E-state index contributed by atoms with van der Waals surface area (Å²) >= 11 is 12.0. The number of hydrogen-bond donors (Lipinski definition) is 1. The molecular weight excluding hydrogens is 471 g/mol. The SMILES string of the molecule is O=C(Cc1ccc(Cl)cc1C(=O)Nc1ccc(Cl)cn1)c1ccc(CCc2ccncn2)cc1. The molecule has 34 heavy (non-hydrogen) atoms. The number of benzene rings is 2. The molecule has 0 aliphatic carbocycles. The van der Waals surface area contributed by atoms with Crippen molar-refractivity contribution in [1.82, 2.24) is 15.0 Å². The minimum Gasteiger partial charge on any atom is -0.307 e. The number of pyridine rings is 1. The van der Waals surface area contributed by atoms with Crippen molar-refractivity contribution in [3.63, 3.8) is 0 Å². The summed E-state index contributed by atoms with van der Waals surface area (Å²) in [5, 5.41) is 3.58. The molecule has 0 atom stereocenters. The summed E-state index contributed by atoms with van der Waals surface area (Å²) in [6, 6.07) is 17.5. The zero-order valence-corrected chi connectivity index (χ0v) is 19.6. The van der Waals surface area contributed by atoms with Gasteiger partial charge in [0.25, 0.3) is 5.91 Å². The Morgan fingerprint density at radius 1 is 0.853 bits per heavy atom. The van der Waals surface area contributed by atoms with E-state index >= 15 is 0 Å². The fraction of sp³-hybridized carbons (Fsp3) is 0.115. The molecule has 1 amide bonds. The summed E-state index contributed by atoms with van der Waals surface area (Å²) in [5.74, 6) is -0.146. The van der Waals surface area contributed by atoms with Crippen molar-refractivity contribution in [3.8, 4) is 0 Å². The molecule has 4 aromatic rings. The molecule has 0 unspecified atom stereocenters. The molecule has 170 valence electrons. The van der Waals surface area contributed by atoms with Crippen molar-refractivity contribution in [2.75, 3.05) is 5.32 Å². The van der Waals surface area contributed by atoms with Gasteiger partial charge in [-0.2, -0.15) is 0 Å². The van der Waals surface area contributed by atoms with Gasteiger partial charge in [-0.1, -0.05) is 53.5 Å². The van der Waals surface area contributed by atoms with E-state index in [4.69, 9.17) is 23.2 Å². The Morgan fingerprint density at radius 2 is 1.65 bits per heavy atom. The maximum absolute atomic E-state index is 13.0. The van der Waals surface area contributed by atoms with E-state index in [1.54, 1.807) is 36.5 Å². The highest BCUT2D eigenvalue weighted by molar-refractivity contribution is 6.31. The number of nitrogens with zero attached hydrogens (tertiary/aromatic N) is 3. The predicted octanol–water partition coefficient (Wildman–Crippen LogP) is 5.64. The lowest BCUT2D eigenvalue weighted by Gasteiger charge is -2.11. The number of amides is 1. The zero-order chi connectivity index (χ0) is 23.9. The van der Waals surface area contributed by atoms with Gasteiger partial charge in [0.05, 0.1) is 5.02 Å². The number of aromatic nitrogens is 3. The Morgan fingerprint density at radius 3 is 2.35 bits per heavy atom. The van der Waals surface area contributed by atoms with E-state index in [-0.39, 0.29) is 12.2 Å². The fourth-order valence-electron chi connectivity index (χ4n) is 3.42. The highest BCUT2D eigenvalue weighted by Gasteiger charge is 2.17. The standard InChI is InChI=1S/C26H20Cl2N4O2/c27-20-7-6-19(23(14-20)26(34)32-25-10-8-21(28)15-30-25)13-24(33)18-4-1-17(2-5-18)3-9-22-11-12-29-16-31-22/h1-2,4-8,10-12,14-16H,3,9,13H2,(H,30,32,34). The second kappa shape index (κ2) is 11.0. The zero-order valence-electron chi connectivity index (χ0n) is 18.0. The van der Waals surface area contributed by atoms with Crippen LogP contribution in [0.5, 0.6) is 0 Å².